The summed E-state index contributed by atoms with van der Waals surface area (Å²) in [6, 6.07) is 36.8. The van der Waals surface area contributed by atoms with Gasteiger partial charge in [0.2, 0.25) is 5.88 Å². The molecule has 132 heavy (non-hydrogen) atoms. The fraction of sp³-hybridized carbons (Fsp3) is 0.267. The Labute approximate surface area is 748 Å². The van der Waals surface area contributed by atoms with Crippen molar-refractivity contribution in [3.8, 4) is 73.7 Å². The van der Waals surface area contributed by atoms with Crippen molar-refractivity contribution in [3.63, 3.8) is 0 Å². The molecule has 8 amide bonds. The zero-order valence-electron chi connectivity index (χ0n) is 70.7. The van der Waals surface area contributed by atoms with Crippen molar-refractivity contribution in [1.82, 2.24) is 69.8 Å². The second kappa shape index (κ2) is 35.9. The molecule has 22 rings (SSSR count). The Bertz CT molecular complexity index is 6520. The van der Waals surface area contributed by atoms with Crippen LogP contribution in [-0.4, -0.2) is 213 Å². The Morgan fingerprint density at radius 2 is 1.02 bits per heavy atom. The van der Waals surface area contributed by atoms with Crippen molar-refractivity contribution in [2.45, 2.75) is 82.3 Å². The summed E-state index contributed by atoms with van der Waals surface area (Å²) in [7, 11) is 1.83. The van der Waals surface area contributed by atoms with E-state index in [0.29, 0.717) is 87.8 Å². The zero-order chi connectivity index (χ0) is 91.1. The number of fused-ring (bicyclic) bond motifs is 17. The fourth-order valence-electron chi connectivity index (χ4n) is 17.2. The maximum atomic E-state index is 13.7. The minimum atomic E-state index is -4.58. The van der Waals surface area contributed by atoms with Crippen LogP contribution in [0.25, 0.3) is 56.4 Å². The highest BCUT2D eigenvalue weighted by Gasteiger charge is 2.48. The number of nitrogens with zero attached hydrogens (tertiary/aromatic N) is 22. The Balaban J connectivity index is 0.000000114. The minimum absolute atomic E-state index is 0.00770. The third kappa shape index (κ3) is 17.8. The number of carbonyl (C=O) groups excluding carboxylic acids is 4. The molecule has 0 unspecified atom stereocenters. The molecule has 1 aromatic carbocycles. The number of hydrogen-bond donors (Lipinski definition) is 7. The van der Waals surface area contributed by atoms with E-state index in [1.807, 2.05) is 68.6 Å². The summed E-state index contributed by atoms with van der Waals surface area (Å²) in [5.41, 5.74) is 9.34. The Morgan fingerprint density at radius 3 is 1.55 bits per heavy atom. The van der Waals surface area contributed by atoms with Crippen molar-refractivity contribution in [3.05, 3.63) is 219 Å². The maximum Gasteiger partial charge on any atom is 0.586 e. The molecule has 0 aliphatic carbocycles. The number of alkyl halides is 5. The van der Waals surface area contributed by atoms with E-state index in [1.54, 1.807) is 131 Å². The molecule has 42 heteroatoms. The summed E-state index contributed by atoms with van der Waals surface area (Å²) < 4.78 is 87.2. The van der Waals surface area contributed by atoms with Gasteiger partial charge < -0.3 is 59.1 Å². The van der Waals surface area contributed by atoms with Crippen molar-refractivity contribution in [2.75, 3.05) is 138 Å². The molecule has 8 bridgehead atoms. The van der Waals surface area contributed by atoms with E-state index in [1.165, 1.54) is 30.7 Å². The van der Waals surface area contributed by atoms with E-state index in [2.05, 4.69) is 106 Å². The maximum absolute atomic E-state index is 13.7. The van der Waals surface area contributed by atoms with Crippen LogP contribution >= 0.6 is 0 Å². The monoisotopic (exact) mass is 1800 g/mol. The van der Waals surface area contributed by atoms with Gasteiger partial charge in [0.1, 0.15) is 42.2 Å². The third-order valence-electron chi connectivity index (χ3n) is 23.4. The summed E-state index contributed by atoms with van der Waals surface area (Å²) in [5, 5.41) is 32.8. The lowest BCUT2D eigenvalue weighted by Gasteiger charge is -2.36. The molecule has 0 spiro atoms. The van der Waals surface area contributed by atoms with Crippen LogP contribution in [0.2, 0.25) is 0 Å². The number of aliphatic hydroxyl groups is 2. The number of carbonyl (C=O) groups is 4. The average molecular weight is 1800 g/mol. The quantitative estimate of drug-likeness (QED) is 0.0497. The number of anilines is 13. The Kier molecular flexibility index (Phi) is 23.2. The van der Waals surface area contributed by atoms with E-state index >= 15 is 0 Å². The first kappa shape index (κ1) is 85.4. The third-order valence-corrected chi connectivity index (χ3v) is 23.4. The number of para-hydroxylation sites is 1. The first-order chi connectivity index (χ1) is 64.0. The summed E-state index contributed by atoms with van der Waals surface area (Å²) >= 11 is 0. The van der Waals surface area contributed by atoms with Crippen LogP contribution in [0, 0.1) is 13.8 Å². The highest BCUT2D eigenvalue weighted by Crippen LogP contribution is 2.50. The number of hydrogen-bond acceptors (Lipinski definition) is 29. The number of urea groups is 4. The van der Waals surface area contributed by atoms with Crippen LogP contribution in [0.5, 0.6) is 17.4 Å². The van der Waals surface area contributed by atoms with Crippen LogP contribution in [0.4, 0.5) is 116 Å². The van der Waals surface area contributed by atoms with Crippen molar-refractivity contribution >= 4 is 99.1 Å². The predicted octanol–water partition coefficient (Wildman–Crippen LogP) is 13.5. The highest BCUT2D eigenvalue weighted by molar-refractivity contribution is 6.08. The molecule has 37 nitrogen and oxygen atoms in total. The van der Waals surface area contributed by atoms with Gasteiger partial charge in [-0.1, -0.05) is 6.07 Å². The van der Waals surface area contributed by atoms with Gasteiger partial charge in [-0.05, 0) is 154 Å². The molecule has 672 valence electrons. The molecule has 13 aromatic rings. The average Bonchev–Trinajstić information content (AvgIpc) is 1.50. The van der Waals surface area contributed by atoms with Gasteiger partial charge in [0.25, 0.3) is 0 Å². The van der Waals surface area contributed by atoms with Gasteiger partial charge >= 0.3 is 36.6 Å². The van der Waals surface area contributed by atoms with Crippen LogP contribution in [0.3, 0.4) is 0 Å². The van der Waals surface area contributed by atoms with Gasteiger partial charge in [0.05, 0.1) is 101 Å². The molecule has 9 aliphatic heterocycles. The van der Waals surface area contributed by atoms with E-state index in [-0.39, 0.29) is 77.6 Å². The molecule has 21 heterocycles. The van der Waals surface area contributed by atoms with Crippen LogP contribution in [0.1, 0.15) is 43.0 Å². The summed E-state index contributed by atoms with van der Waals surface area (Å²) in [6.45, 7) is 9.33. The molecule has 12 aromatic heterocycles. The number of oxazole rings is 1. The molecule has 7 N–H and O–H groups in total. The first-order valence-corrected chi connectivity index (χ1v) is 42.2. The molecule has 5 atom stereocenters. The van der Waals surface area contributed by atoms with Gasteiger partial charge in [0, 0.05) is 149 Å². The zero-order valence-corrected chi connectivity index (χ0v) is 70.7. The first-order valence-electron chi connectivity index (χ1n) is 42.2. The molecule has 4 saturated heterocycles. The SMILES string of the molecule is CNc1ccc(-c2ccc3c(n2)N(C(=O)Nc2cnccn2)[C@H]2CCN3C2)cn1.Cc1cc(-c2ccc3c(n2)N(C(=O)Nc2cc(OC[C@@H](O)CO)ncn2)[C@H]2CCN3C2)ccn1.Cc1ncc(-c2ccnc(NC(=O)N3c4nc(-c5ccnc(C(F)(F)F)c5)ccc4N4CC[C@H]3C4)c2)o1.O=C(Nc1cccnc1)N1c2nc(-c3cccc4c3OC(F)(F)O4)ccc2N2CC[C@H]1C2. The van der Waals surface area contributed by atoms with Crippen LogP contribution in [0.15, 0.2) is 206 Å². The Hall–Kier alpha value is -16.0. The number of aromatic nitrogens is 14. The lowest BCUT2D eigenvalue weighted by Crippen LogP contribution is -2.48. The Morgan fingerprint density at radius 1 is 0.492 bits per heavy atom. The van der Waals surface area contributed by atoms with Gasteiger partial charge in [-0.3, -0.25) is 55.5 Å². The molecular formula is C90H82F5N27O10. The fourth-order valence-corrected chi connectivity index (χ4v) is 17.2. The molecule has 0 radical (unpaired) electrons. The number of rotatable bonds is 14. The number of halogens is 5. The largest absolute Gasteiger partial charge is 0.586 e. The van der Waals surface area contributed by atoms with E-state index in [0.717, 1.165) is 134 Å². The smallest absolute Gasteiger partial charge is 0.475 e. The number of benzene rings is 1. The topological polar surface area (TPSA) is 416 Å². The minimum Gasteiger partial charge on any atom is -0.475 e. The predicted molar refractivity (Wildman–Crippen MR) is 477 cm³/mol. The highest BCUT2D eigenvalue weighted by atomic mass is 19.4. The number of pyridine rings is 9. The van der Waals surface area contributed by atoms with Crippen molar-refractivity contribution in [2.24, 2.45) is 0 Å². The van der Waals surface area contributed by atoms with Crippen LogP contribution < -0.4 is 80.0 Å². The summed E-state index contributed by atoms with van der Waals surface area (Å²) in [5.74, 6) is 5.04. The summed E-state index contributed by atoms with van der Waals surface area (Å²) in [4.78, 5) is 129. The molecule has 9 aliphatic rings. The lowest BCUT2D eigenvalue weighted by atomic mass is 10.1. The van der Waals surface area contributed by atoms with Gasteiger partial charge in [-0.25, -0.2) is 69.0 Å². The normalized spacial score (nSPS) is 17.6. The standard InChI is InChI=1S/C25H20F3N7O2.C23H25N7O4.C22H17F2N5O3.C20H20N8O/c1-14-31-12-20(37-14)16-5-8-30-22(11-16)33-24(36)35-17-6-9-34(13-17)19-3-2-18(32-23(19)35)15-4-7-29-21(10-15)25(26,27)28;1-14-8-15(4-6-24-14)18-2-3-19-22(27-18)30(16-5-7-29(19)10-16)23(33)28-20-9-21(26-13-25-20)34-12-17(32)11-31;23-22(24)31-18-5-1-4-15(19(18)32-22)16-6-7-17-20(27-16)29(14-8-10-28(17)12-14)21(30)26-13-3-2-9-25-11-13;1-21-17-5-2-13(10-24-17)15-3-4-16-19(25-15)28(14-6-9-27(16)12-14)20(29)26-18-11-22-7-8-23-18/h2-5,7-8,10-12,17H,6,9,13H2,1H3,(H,30,33,36);2-4,6,8-9,13,16-17,31-32H,5,7,10-12H2,1H3,(H,25,26,28,33);1-7,9,11,14H,8,10,12H2,(H,26,30);2-5,7-8,10-11,14H,6,9,12H2,1H3,(H,21,24)(H,23,26,29)/t17-;16-,17-;2*14-/m0000/s1. The number of aryl methyl sites for hydroxylation is 2. The second-order valence-corrected chi connectivity index (χ2v) is 31.9. The van der Waals surface area contributed by atoms with Crippen molar-refractivity contribution in [1.29, 1.82) is 0 Å². The van der Waals surface area contributed by atoms with Crippen LogP contribution in [-0.2, 0) is 6.18 Å². The van der Waals surface area contributed by atoms with E-state index in [9.17, 15) is 46.2 Å². The second-order valence-electron chi connectivity index (χ2n) is 31.9. The number of amides is 8. The van der Waals surface area contributed by atoms with Gasteiger partial charge in [-0.2, -0.15) is 13.2 Å². The lowest BCUT2D eigenvalue weighted by molar-refractivity contribution is -0.286. The molecule has 4 fully saturated rings. The number of ether oxygens (including phenoxy) is 3. The molecule has 0 saturated carbocycles. The van der Waals surface area contributed by atoms with E-state index in [4.69, 9.17) is 33.9 Å². The molecular weight excluding hydrogens is 1710 g/mol. The van der Waals surface area contributed by atoms with E-state index < -0.39 is 36.9 Å². The van der Waals surface area contributed by atoms with Gasteiger partial charge in [-0.15, -0.1) is 8.78 Å². The number of aliphatic hydroxyl groups excluding tert-OH is 2. The number of nitrogens with one attached hydrogen (secondary N) is 5. The van der Waals surface area contributed by atoms with Gasteiger partial charge in [0.15, 0.2) is 52.2 Å². The summed E-state index contributed by atoms with van der Waals surface area (Å²) in [6.07, 6.45) is 10.8. The van der Waals surface area contributed by atoms with Crippen molar-refractivity contribution < 1.29 is 70.0 Å².